The fourth-order valence-electron chi connectivity index (χ4n) is 1.96. The zero-order valence-electron chi connectivity index (χ0n) is 11.9. The van der Waals surface area contributed by atoms with Crippen LogP contribution < -0.4 is 5.32 Å². The average molecular weight is 259 g/mol. The minimum Gasteiger partial charge on any atom is -0.385 e. The van der Waals surface area contributed by atoms with Gasteiger partial charge in [-0.15, -0.1) is 0 Å². The number of carbonyl (C=O) groups is 1. The molecule has 1 aromatic rings. The lowest BCUT2D eigenvalue weighted by molar-refractivity contribution is 0.0768. The highest BCUT2D eigenvalue weighted by Gasteiger charge is 2.14. The van der Waals surface area contributed by atoms with E-state index in [9.17, 15) is 4.79 Å². The van der Waals surface area contributed by atoms with E-state index in [0.29, 0.717) is 25.1 Å². The first kappa shape index (κ1) is 15.0. The molecule has 0 aliphatic heterocycles. The van der Waals surface area contributed by atoms with Gasteiger partial charge in [-0.25, -0.2) is 0 Å². The summed E-state index contributed by atoms with van der Waals surface area (Å²) in [5, 5.41) is 11.9. The summed E-state index contributed by atoms with van der Waals surface area (Å²) in [6.07, 6.45) is 0.369. The molecule has 4 nitrogen and oxygen atoms in total. The third kappa shape index (κ3) is 3.99. The van der Waals surface area contributed by atoms with Crippen LogP contribution in [0.25, 0.3) is 0 Å². The molecule has 0 unspecified atom stereocenters. The number of hydrogen-bond donors (Lipinski definition) is 1. The van der Waals surface area contributed by atoms with Gasteiger partial charge in [0.1, 0.15) is 0 Å². The normalized spacial score (nSPS) is 9.79. The van der Waals surface area contributed by atoms with Crippen molar-refractivity contribution in [3.63, 3.8) is 0 Å². The number of nitriles is 1. The van der Waals surface area contributed by atoms with Gasteiger partial charge in [0.15, 0.2) is 0 Å². The van der Waals surface area contributed by atoms with E-state index in [1.165, 1.54) is 0 Å². The van der Waals surface area contributed by atoms with Crippen molar-refractivity contribution in [1.82, 2.24) is 4.90 Å². The van der Waals surface area contributed by atoms with E-state index in [-0.39, 0.29) is 5.91 Å². The Morgan fingerprint density at radius 3 is 2.68 bits per heavy atom. The number of hydrogen-bond acceptors (Lipinski definition) is 3. The van der Waals surface area contributed by atoms with E-state index in [4.69, 9.17) is 5.26 Å². The summed E-state index contributed by atoms with van der Waals surface area (Å²) in [5.41, 5.74) is 2.79. The maximum absolute atomic E-state index is 12.3. The standard InChI is InChI=1S/C15H21N3O/c1-4-17-14-8-7-13(11-12(14)3)15(19)18(5-2)10-6-9-16/h7-8,11,17H,4-6,10H2,1-3H3. The molecule has 19 heavy (non-hydrogen) atoms. The Hall–Kier alpha value is -2.02. The van der Waals surface area contributed by atoms with Crippen molar-refractivity contribution in [2.45, 2.75) is 27.2 Å². The lowest BCUT2D eigenvalue weighted by Gasteiger charge is -2.20. The molecule has 1 aromatic carbocycles. The van der Waals surface area contributed by atoms with Gasteiger partial charge < -0.3 is 10.2 Å². The molecule has 0 atom stereocenters. The monoisotopic (exact) mass is 259 g/mol. The fraction of sp³-hybridized carbons (Fsp3) is 0.467. The Balaban J connectivity index is 2.87. The third-order valence-corrected chi connectivity index (χ3v) is 3.00. The van der Waals surface area contributed by atoms with Crippen LogP contribution >= 0.6 is 0 Å². The van der Waals surface area contributed by atoms with Crippen LogP contribution in [-0.2, 0) is 0 Å². The second kappa shape index (κ2) is 7.42. The van der Waals surface area contributed by atoms with Gasteiger partial charge in [-0.1, -0.05) is 0 Å². The summed E-state index contributed by atoms with van der Waals surface area (Å²) in [6, 6.07) is 7.74. The number of anilines is 1. The zero-order chi connectivity index (χ0) is 14.3. The largest absolute Gasteiger partial charge is 0.385 e. The SMILES string of the molecule is CCNc1ccc(C(=O)N(CC)CCC#N)cc1C. The van der Waals surface area contributed by atoms with Gasteiger partial charge in [-0.3, -0.25) is 4.79 Å². The highest BCUT2D eigenvalue weighted by Crippen LogP contribution is 2.17. The van der Waals surface area contributed by atoms with Crippen LogP contribution in [0.5, 0.6) is 0 Å². The van der Waals surface area contributed by atoms with Crippen molar-refractivity contribution in [1.29, 1.82) is 5.26 Å². The van der Waals surface area contributed by atoms with E-state index in [2.05, 4.69) is 11.4 Å². The molecule has 1 N–H and O–H groups in total. The van der Waals surface area contributed by atoms with Gasteiger partial charge in [0.25, 0.3) is 5.91 Å². The molecule has 0 fully saturated rings. The number of aryl methyl sites for hydroxylation is 1. The first-order valence-corrected chi connectivity index (χ1v) is 6.64. The lowest BCUT2D eigenvalue weighted by atomic mass is 10.1. The number of nitrogens with zero attached hydrogens (tertiary/aromatic N) is 2. The predicted molar refractivity (Wildman–Crippen MR) is 77.2 cm³/mol. The summed E-state index contributed by atoms with van der Waals surface area (Å²) < 4.78 is 0. The van der Waals surface area contributed by atoms with Gasteiger partial charge in [0.2, 0.25) is 0 Å². The van der Waals surface area contributed by atoms with Crippen LogP contribution in [0, 0.1) is 18.3 Å². The molecule has 0 aliphatic rings. The summed E-state index contributed by atoms with van der Waals surface area (Å²) in [6.45, 7) is 7.92. The molecule has 0 bridgehead atoms. The maximum atomic E-state index is 12.3. The summed E-state index contributed by atoms with van der Waals surface area (Å²) in [5.74, 6) is -0.0103. The van der Waals surface area contributed by atoms with Crippen molar-refractivity contribution in [2.24, 2.45) is 0 Å². The topological polar surface area (TPSA) is 56.1 Å². The Kier molecular flexibility index (Phi) is 5.87. The summed E-state index contributed by atoms with van der Waals surface area (Å²) in [4.78, 5) is 14.0. The summed E-state index contributed by atoms with van der Waals surface area (Å²) >= 11 is 0. The van der Waals surface area contributed by atoms with E-state index in [0.717, 1.165) is 17.8 Å². The molecular formula is C15H21N3O. The number of carbonyl (C=O) groups excluding carboxylic acids is 1. The van der Waals surface area contributed by atoms with Crippen molar-refractivity contribution in [2.75, 3.05) is 25.0 Å². The molecule has 0 heterocycles. The van der Waals surface area contributed by atoms with Crippen molar-refractivity contribution in [3.8, 4) is 6.07 Å². The molecule has 0 saturated heterocycles. The molecule has 0 saturated carbocycles. The zero-order valence-corrected chi connectivity index (χ0v) is 11.9. The molecule has 0 spiro atoms. The highest BCUT2D eigenvalue weighted by atomic mass is 16.2. The van der Waals surface area contributed by atoms with Crippen molar-refractivity contribution >= 4 is 11.6 Å². The predicted octanol–water partition coefficient (Wildman–Crippen LogP) is 2.80. The van der Waals surface area contributed by atoms with Crippen LogP contribution in [0.2, 0.25) is 0 Å². The second-order valence-electron chi connectivity index (χ2n) is 4.35. The Morgan fingerprint density at radius 2 is 2.16 bits per heavy atom. The molecule has 102 valence electrons. The average Bonchev–Trinajstić information content (AvgIpc) is 2.42. The van der Waals surface area contributed by atoms with Gasteiger partial charge in [-0.05, 0) is 44.5 Å². The van der Waals surface area contributed by atoms with Crippen LogP contribution in [-0.4, -0.2) is 30.4 Å². The Labute approximate surface area is 115 Å². The first-order chi connectivity index (χ1) is 9.13. The van der Waals surface area contributed by atoms with E-state index in [1.54, 1.807) is 4.90 Å². The summed E-state index contributed by atoms with van der Waals surface area (Å²) in [7, 11) is 0. The van der Waals surface area contributed by atoms with Gasteiger partial charge in [-0.2, -0.15) is 5.26 Å². The Bertz CT molecular complexity index is 477. The third-order valence-electron chi connectivity index (χ3n) is 3.00. The lowest BCUT2D eigenvalue weighted by Crippen LogP contribution is -2.31. The quantitative estimate of drug-likeness (QED) is 0.854. The second-order valence-corrected chi connectivity index (χ2v) is 4.35. The van der Waals surface area contributed by atoms with E-state index < -0.39 is 0 Å². The number of benzene rings is 1. The molecule has 0 aromatic heterocycles. The van der Waals surface area contributed by atoms with E-state index in [1.807, 2.05) is 39.0 Å². The van der Waals surface area contributed by atoms with Crippen LogP contribution in [0.1, 0.15) is 36.2 Å². The number of rotatable bonds is 6. The fourth-order valence-corrected chi connectivity index (χ4v) is 1.96. The first-order valence-electron chi connectivity index (χ1n) is 6.64. The van der Waals surface area contributed by atoms with Crippen LogP contribution in [0.4, 0.5) is 5.69 Å². The molecule has 0 aliphatic carbocycles. The molecule has 1 amide bonds. The van der Waals surface area contributed by atoms with Gasteiger partial charge >= 0.3 is 0 Å². The minimum atomic E-state index is -0.0103. The van der Waals surface area contributed by atoms with Crippen LogP contribution in [0.15, 0.2) is 18.2 Å². The highest BCUT2D eigenvalue weighted by molar-refractivity contribution is 5.95. The molecule has 1 rings (SSSR count). The number of nitrogens with one attached hydrogen (secondary N) is 1. The maximum Gasteiger partial charge on any atom is 0.253 e. The minimum absolute atomic E-state index is 0.0103. The smallest absolute Gasteiger partial charge is 0.253 e. The van der Waals surface area contributed by atoms with Crippen molar-refractivity contribution < 1.29 is 4.79 Å². The van der Waals surface area contributed by atoms with Gasteiger partial charge in [0.05, 0.1) is 12.5 Å². The van der Waals surface area contributed by atoms with Crippen LogP contribution in [0.3, 0.4) is 0 Å². The van der Waals surface area contributed by atoms with Gasteiger partial charge in [0, 0.05) is 30.9 Å². The van der Waals surface area contributed by atoms with Crippen molar-refractivity contribution in [3.05, 3.63) is 29.3 Å². The molecule has 0 radical (unpaired) electrons. The molecule has 4 heteroatoms. The number of amides is 1. The van der Waals surface area contributed by atoms with E-state index >= 15 is 0 Å². The Morgan fingerprint density at radius 1 is 1.42 bits per heavy atom. The molecular weight excluding hydrogens is 238 g/mol.